The van der Waals surface area contributed by atoms with Gasteiger partial charge in [0.25, 0.3) is 5.91 Å². The Morgan fingerprint density at radius 3 is 2.32 bits per heavy atom. The van der Waals surface area contributed by atoms with E-state index in [1.165, 1.54) is 31.4 Å². The van der Waals surface area contributed by atoms with E-state index in [-0.39, 0.29) is 23.8 Å². The highest BCUT2D eigenvalue weighted by Crippen LogP contribution is 2.25. The third kappa shape index (κ3) is 5.41. The topological polar surface area (TPSA) is 109 Å². The van der Waals surface area contributed by atoms with Crippen LogP contribution in [0.15, 0.2) is 53.6 Å². The first-order valence-electron chi connectivity index (χ1n) is 8.31. The molecule has 1 atom stereocenters. The van der Waals surface area contributed by atoms with Crippen LogP contribution >= 0.6 is 12.4 Å². The molecule has 2 N–H and O–H groups in total. The van der Waals surface area contributed by atoms with Crippen molar-refractivity contribution in [1.29, 1.82) is 0 Å². The summed E-state index contributed by atoms with van der Waals surface area (Å²) in [4.78, 5) is 16.4. The van der Waals surface area contributed by atoms with Crippen LogP contribution in [0.1, 0.15) is 19.5 Å². The molecule has 2 rings (SSSR count). The minimum atomic E-state index is -4.06. The van der Waals surface area contributed by atoms with Crippen LogP contribution in [-0.4, -0.2) is 42.0 Å². The summed E-state index contributed by atoms with van der Waals surface area (Å²) in [5.41, 5.74) is 2.05. The van der Waals surface area contributed by atoms with Crippen LogP contribution in [-0.2, 0) is 21.4 Å². The number of hydroxylamine groups is 1. The van der Waals surface area contributed by atoms with Gasteiger partial charge in [0.2, 0.25) is 10.0 Å². The summed E-state index contributed by atoms with van der Waals surface area (Å²) in [7, 11) is -2.57. The Kier molecular flexibility index (Phi) is 8.83. The average Bonchev–Trinajstić information content (AvgIpc) is 2.67. The fourth-order valence-electron chi connectivity index (χ4n) is 2.70. The zero-order chi connectivity index (χ0) is 20.0. The molecule has 1 heterocycles. The number of methoxy groups -OCH3 is 1. The quantitative estimate of drug-likeness (QED) is 0.492. The summed E-state index contributed by atoms with van der Waals surface area (Å²) in [5.74, 6) is -0.689. The molecule has 2 aromatic rings. The number of hydrogen-bond acceptors (Lipinski definition) is 6. The van der Waals surface area contributed by atoms with Gasteiger partial charge in [-0.1, -0.05) is 19.9 Å². The number of halogens is 1. The number of pyridine rings is 1. The molecule has 0 aliphatic carbocycles. The molecule has 154 valence electrons. The SMILES string of the molecule is COc1ccc(S(=O)(=O)N(Cc2ccccn2)C(C(=O)NO)C(C)C)cc1.Cl. The summed E-state index contributed by atoms with van der Waals surface area (Å²) in [6.07, 6.45) is 1.55. The first kappa shape index (κ1) is 23.8. The smallest absolute Gasteiger partial charge is 0.262 e. The molecule has 1 aromatic carbocycles. The standard InChI is InChI=1S/C18H23N3O5S.ClH/c1-13(2)17(18(22)20-23)21(12-14-6-4-5-11-19-14)27(24,25)16-9-7-15(26-3)8-10-16;/h4-11,13,17,23H,12H2,1-3H3,(H,20,22);1H. The lowest BCUT2D eigenvalue weighted by atomic mass is 10.0. The highest BCUT2D eigenvalue weighted by Gasteiger charge is 2.38. The van der Waals surface area contributed by atoms with Crippen LogP contribution in [0.3, 0.4) is 0 Å². The zero-order valence-electron chi connectivity index (χ0n) is 15.8. The number of carbonyl (C=O) groups excluding carboxylic acids is 1. The second-order valence-electron chi connectivity index (χ2n) is 6.21. The van der Waals surface area contributed by atoms with E-state index in [4.69, 9.17) is 9.94 Å². The van der Waals surface area contributed by atoms with Crippen molar-refractivity contribution in [2.45, 2.75) is 31.3 Å². The maximum Gasteiger partial charge on any atom is 0.262 e. The van der Waals surface area contributed by atoms with Crippen molar-refractivity contribution in [3.05, 3.63) is 54.4 Å². The number of nitrogens with one attached hydrogen (secondary N) is 1. The Morgan fingerprint density at radius 1 is 1.21 bits per heavy atom. The number of benzene rings is 1. The molecule has 0 saturated carbocycles. The number of ether oxygens (including phenoxy) is 1. The molecule has 0 fully saturated rings. The van der Waals surface area contributed by atoms with Crippen molar-refractivity contribution in [1.82, 2.24) is 14.8 Å². The van der Waals surface area contributed by atoms with Crippen LogP contribution in [0.4, 0.5) is 0 Å². The van der Waals surface area contributed by atoms with E-state index in [1.54, 1.807) is 43.7 Å². The van der Waals surface area contributed by atoms with Crippen molar-refractivity contribution >= 4 is 28.3 Å². The largest absolute Gasteiger partial charge is 0.497 e. The van der Waals surface area contributed by atoms with Gasteiger partial charge in [0.05, 0.1) is 24.2 Å². The normalized spacial score (nSPS) is 12.4. The molecular formula is C18H24ClN3O5S. The van der Waals surface area contributed by atoms with Gasteiger partial charge in [-0.15, -0.1) is 12.4 Å². The molecule has 8 nitrogen and oxygen atoms in total. The Balaban J connectivity index is 0.00000392. The summed E-state index contributed by atoms with van der Waals surface area (Å²) in [6, 6.07) is 9.88. The molecule has 0 aliphatic heterocycles. The third-order valence-corrected chi connectivity index (χ3v) is 5.87. The van der Waals surface area contributed by atoms with Gasteiger partial charge in [0.15, 0.2) is 0 Å². The van der Waals surface area contributed by atoms with Gasteiger partial charge in [-0.2, -0.15) is 4.31 Å². The third-order valence-electron chi connectivity index (χ3n) is 4.03. The Labute approximate surface area is 171 Å². The molecule has 0 bridgehead atoms. The Hall–Kier alpha value is -2.20. The summed E-state index contributed by atoms with van der Waals surface area (Å²) in [5, 5.41) is 9.12. The highest BCUT2D eigenvalue weighted by molar-refractivity contribution is 7.89. The van der Waals surface area contributed by atoms with Gasteiger partial charge in [-0.3, -0.25) is 15.0 Å². The molecule has 0 aliphatic rings. The average molecular weight is 430 g/mol. The van der Waals surface area contributed by atoms with E-state index in [9.17, 15) is 13.2 Å². The maximum absolute atomic E-state index is 13.3. The van der Waals surface area contributed by atoms with Crippen LogP contribution in [0.2, 0.25) is 0 Å². The minimum Gasteiger partial charge on any atom is -0.497 e. The summed E-state index contributed by atoms with van der Waals surface area (Å²) < 4.78 is 32.7. The first-order chi connectivity index (χ1) is 12.8. The number of sulfonamides is 1. The predicted octanol–water partition coefficient (Wildman–Crippen LogP) is 2.23. The van der Waals surface area contributed by atoms with Crippen LogP contribution in [0.5, 0.6) is 5.75 Å². The summed E-state index contributed by atoms with van der Waals surface area (Å²) in [6.45, 7) is 3.29. The number of carbonyl (C=O) groups is 1. The Morgan fingerprint density at radius 2 is 1.86 bits per heavy atom. The fraction of sp³-hybridized carbons (Fsp3) is 0.333. The molecule has 1 aromatic heterocycles. The van der Waals surface area contributed by atoms with E-state index in [1.807, 2.05) is 0 Å². The predicted molar refractivity (Wildman–Crippen MR) is 106 cm³/mol. The van der Waals surface area contributed by atoms with Gasteiger partial charge in [0.1, 0.15) is 11.8 Å². The van der Waals surface area contributed by atoms with Crippen molar-refractivity contribution in [2.24, 2.45) is 5.92 Å². The number of aromatic nitrogens is 1. The molecule has 0 radical (unpaired) electrons. The van der Waals surface area contributed by atoms with E-state index in [2.05, 4.69) is 4.98 Å². The highest BCUT2D eigenvalue weighted by atomic mass is 35.5. The van der Waals surface area contributed by atoms with Gasteiger partial charge in [-0.05, 0) is 42.3 Å². The molecular weight excluding hydrogens is 406 g/mol. The number of amides is 1. The van der Waals surface area contributed by atoms with Gasteiger partial charge in [0, 0.05) is 6.20 Å². The van der Waals surface area contributed by atoms with Gasteiger partial charge < -0.3 is 4.74 Å². The van der Waals surface area contributed by atoms with Crippen molar-refractivity contribution < 1.29 is 23.2 Å². The van der Waals surface area contributed by atoms with Gasteiger partial charge in [-0.25, -0.2) is 13.9 Å². The van der Waals surface area contributed by atoms with Gasteiger partial charge >= 0.3 is 0 Å². The molecule has 0 saturated heterocycles. The van der Waals surface area contributed by atoms with E-state index < -0.39 is 27.9 Å². The molecule has 10 heteroatoms. The number of nitrogens with zero attached hydrogens (tertiary/aromatic N) is 2. The lowest BCUT2D eigenvalue weighted by Gasteiger charge is -2.31. The van der Waals surface area contributed by atoms with Crippen molar-refractivity contribution in [2.75, 3.05) is 7.11 Å². The first-order valence-corrected chi connectivity index (χ1v) is 9.75. The molecule has 1 amide bonds. The van der Waals surface area contributed by atoms with Crippen LogP contribution in [0.25, 0.3) is 0 Å². The zero-order valence-corrected chi connectivity index (χ0v) is 17.4. The van der Waals surface area contributed by atoms with Crippen molar-refractivity contribution in [3.63, 3.8) is 0 Å². The lowest BCUT2D eigenvalue weighted by molar-refractivity contribution is -0.134. The second kappa shape index (κ2) is 10.4. The van der Waals surface area contributed by atoms with Crippen LogP contribution < -0.4 is 10.2 Å². The monoisotopic (exact) mass is 429 g/mol. The molecule has 28 heavy (non-hydrogen) atoms. The molecule has 0 spiro atoms. The number of rotatable bonds is 8. The van der Waals surface area contributed by atoms with Crippen LogP contribution in [0, 0.1) is 5.92 Å². The number of hydrogen-bond donors (Lipinski definition) is 2. The molecule has 1 unspecified atom stereocenters. The maximum atomic E-state index is 13.3. The second-order valence-corrected chi connectivity index (χ2v) is 8.10. The van der Waals surface area contributed by atoms with Crippen molar-refractivity contribution in [3.8, 4) is 5.75 Å². The Bertz CT molecular complexity index is 861. The fourth-order valence-corrected chi connectivity index (χ4v) is 4.39. The lowest BCUT2D eigenvalue weighted by Crippen LogP contribution is -2.51. The van der Waals surface area contributed by atoms with E-state index in [0.29, 0.717) is 11.4 Å². The minimum absolute atomic E-state index is 0. The summed E-state index contributed by atoms with van der Waals surface area (Å²) >= 11 is 0. The van der Waals surface area contributed by atoms with E-state index in [0.717, 1.165) is 4.31 Å². The van der Waals surface area contributed by atoms with E-state index >= 15 is 0 Å².